The second-order valence-corrected chi connectivity index (χ2v) is 5.80. The molecule has 1 aromatic rings. The van der Waals surface area contributed by atoms with Gasteiger partial charge in [0.25, 0.3) is 0 Å². The summed E-state index contributed by atoms with van der Waals surface area (Å²) in [6, 6.07) is 4.16. The van der Waals surface area contributed by atoms with Crippen LogP contribution in [-0.2, 0) is 0 Å². The molecule has 0 saturated carbocycles. The average Bonchev–Trinajstić information content (AvgIpc) is 2.20. The Morgan fingerprint density at radius 1 is 1.39 bits per heavy atom. The van der Waals surface area contributed by atoms with E-state index in [2.05, 4.69) is 0 Å². The first-order valence-corrected chi connectivity index (χ1v) is 5.98. The molecule has 0 aliphatic rings. The zero-order valence-corrected chi connectivity index (χ0v) is 12.4. The third kappa shape index (κ3) is 4.73. The Morgan fingerprint density at radius 3 is 2.39 bits per heavy atom. The molecule has 2 nitrogen and oxygen atoms in total. The van der Waals surface area contributed by atoms with Crippen LogP contribution in [0.4, 0.5) is 4.39 Å². The molecular weight excluding hydrogens is 276 g/mol. The van der Waals surface area contributed by atoms with Gasteiger partial charge < -0.3 is 10.8 Å². The molecule has 0 aromatic heterocycles. The van der Waals surface area contributed by atoms with Crippen LogP contribution >= 0.6 is 24.0 Å². The van der Waals surface area contributed by atoms with Crippen molar-refractivity contribution < 1.29 is 9.50 Å². The molecule has 0 aliphatic carbocycles. The molecular formula is C13H20Cl2FNO. The van der Waals surface area contributed by atoms with Crippen molar-refractivity contribution in [1.82, 2.24) is 0 Å². The highest BCUT2D eigenvalue weighted by Crippen LogP contribution is 2.28. The van der Waals surface area contributed by atoms with E-state index in [0.717, 1.165) is 0 Å². The Bertz CT molecular complexity index is 393. The SMILES string of the molecule is CC(C)(C)[C@@H](N)C[C@H](O)c1ccc(Cl)c(F)c1.Cl. The summed E-state index contributed by atoms with van der Waals surface area (Å²) in [6.07, 6.45) is -0.374. The maximum Gasteiger partial charge on any atom is 0.142 e. The molecule has 0 radical (unpaired) electrons. The maximum atomic E-state index is 13.2. The van der Waals surface area contributed by atoms with Crippen LogP contribution < -0.4 is 5.73 Å². The normalized spacial score (nSPS) is 14.8. The Kier molecular flexibility index (Phi) is 6.58. The van der Waals surface area contributed by atoms with Crippen molar-refractivity contribution in [2.75, 3.05) is 0 Å². The predicted molar refractivity (Wildman–Crippen MR) is 75.7 cm³/mol. The lowest BCUT2D eigenvalue weighted by Crippen LogP contribution is -2.36. The van der Waals surface area contributed by atoms with Crippen molar-refractivity contribution in [3.05, 3.63) is 34.6 Å². The lowest BCUT2D eigenvalue weighted by molar-refractivity contribution is 0.133. The number of nitrogens with two attached hydrogens (primary N) is 1. The first kappa shape index (κ1) is 17.6. The summed E-state index contributed by atoms with van der Waals surface area (Å²) in [7, 11) is 0. The number of aliphatic hydroxyl groups excluding tert-OH is 1. The third-order valence-electron chi connectivity index (χ3n) is 2.92. The molecule has 3 N–H and O–H groups in total. The molecule has 0 fully saturated rings. The summed E-state index contributed by atoms with van der Waals surface area (Å²) in [5, 5.41) is 10.0. The van der Waals surface area contributed by atoms with Crippen LogP contribution in [0.15, 0.2) is 18.2 Å². The summed E-state index contributed by atoms with van der Waals surface area (Å²) in [5.41, 5.74) is 6.39. The molecule has 0 bridgehead atoms. The molecule has 5 heteroatoms. The van der Waals surface area contributed by atoms with Crippen molar-refractivity contribution in [3.63, 3.8) is 0 Å². The summed E-state index contributed by atoms with van der Waals surface area (Å²) < 4.78 is 13.2. The average molecular weight is 296 g/mol. The molecule has 0 amide bonds. The predicted octanol–water partition coefficient (Wildman–Crippen LogP) is 3.70. The van der Waals surface area contributed by atoms with Gasteiger partial charge in [-0.2, -0.15) is 0 Å². The quantitative estimate of drug-likeness (QED) is 0.893. The molecule has 2 atom stereocenters. The van der Waals surface area contributed by atoms with E-state index in [9.17, 15) is 9.50 Å². The van der Waals surface area contributed by atoms with Gasteiger partial charge in [-0.3, -0.25) is 0 Å². The topological polar surface area (TPSA) is 46.2 Å². The smallest absolute Gasteiger partial charge is 0.142 e. The van der Waals surface area contributed by atoms with Crippen LogP contribution in [0.1, 0.15) is 38.9 Å². The number of halogens is 3. The Hall–Kier alpha value is -0.350. The second kappa shape index (κ2) is 6.71. The minimum Gasteiger partial charge on any atom is -0.388 e. The van der Waals surface area contributed by atoms with Gasteiger partial charge in [-0.05, 0) is 29.5 Å². The lowest BCUT2D eigenvalue weighted by Gasteiger charge is -2.29. The summed E-state index contributed by atoms with van der Waals surface area (Å²) in [4.78, 5) is 0. The van der Waals surface area contributed by atoms with E-state index in [-0.39, 0.29) is 28.9 Å². The van der Waals surface area contributed by atoms with Gasteiger partial charge in [-0.1, -0.05) is 38.4 Å². The fourth-order valence-electron chi connectivity index (χ4n) is 1.45. The monoisotopic (exact) mass is 295 g/mol. The van der Waals surface area contributed by atoms with Crippen LogP contribution in [0, 0.1) is 11.2 Å². The van der Waals surface area contributed by atoms with Crippen molar-refractivity contribution in [3.8, 4) is 0 Å². The van der Waals surface area contributed by atoms with E-state index in [1.165, 1.54) is 12.1 Å². The molecule has 0 spiro atoms. The molecule has 104 valence electrons. The molecule has 0 unspecified atom stereocenters. The highest BCUT2D eigenvalue weighted by molar-refractivity contribution is 6.30. The van der Waals surface area contributed by atoms with Crippen LogP contribution in [-0.4, -0.2) is 11.1 Å². The molecule has 1 rings (SSSR count). The zero-order chi connectivity index (χ0) is 13.2. The lowest BCUT2D eigenvalue weighted by atomic mass is 9.83. The Labute approximate surface area is 119 Å². The van der Waals surface area contributed by atoms with E-state index >= 15 is 0 Å². The zero-order valence-electron chi connectivity index (χ0n) is 10.8. The summed E-state index contributed by atoms with van der Waals surface area (Å²) in [5.74, 6) is -0.521. The Morgan fingerprint density at radius 2 is 1.94 bits per heavy atom. The molecule has 0 heterocycles. The maximum absolute atomic E-state index is 13.2. The highest BCUT2D eigenvalue weighted by Gasteiger charge is 2.24. The summed E-state index contributed by atoms with van der Waals surface area (Å²) >= 11 is 5.58. The van der Waals surface area contributed by atoms with E-state index in [1.807, 2.05) is 20.8 Å². The minimum absolute atomic E-state index is 0. The molecule has 0 saturated heterocycles. The number of benzene rings is 1. The van der Waals surface area contributed by atoms with Gasteiger partial charge in [0, 0.05) is 6.04 Å². The van der Waals surface area contributed by atoms with E-state index in [4.69, 9.17) is 17.3 Å². The van der Waals surface area contributed by atoms with Gasteiger partial charge in [0.2, 0.25) is 0 Å². The highest BCUT2D eigenvalue weighted by atomic mass is 35.5. The van der Waals surface area contributed by atoms with Gasteiger partial charge in [0.1, 0.15) is 5.82 Å². The van der Waals surface area contributed by atoms with Crippen LogP contribution in [0.5, 0.6) is 0 Å². The second-order valence-electron chi connectivity index (χ2n) is 5.40. The van der Waals surface area contributed by atoms with Crippen molar-refractivity contribution >= 4 is 24.0 Å². The van der Waals surface area contributed by atoms with Gasteiger partial charge in [0.15, 0.2) is 0 Å². The molecule has 18 heavy (non-hydrogen) atoms. The first-order chi connectivity index (χ1) is 7.71. The summed E-state index contributed by atoms with van der Waals surface area (Å²) in [6.45, 7) is 6.02. The number of aliphatic hydroxyl groups is 1. The first-order valence-electron chi connectivity index (χ1n) is 5.60. The van der Waals surface area contributed by atoms with Crippen LogP contribution in [0.2, 0.25) is 5.02 Å². The largest absolute Gasteiger partial charge is 0.388 e. The van der Waals surface area contributed by atoms with Crippen molar-refractivity contribution in [1.29, 1.82) is 0 Å². The number of hydrogen-bond acceptors (Lipinski definition) is 2. The van der Waals surface area contributed by atoms with Gasteiger partial charge in [-0.15, -0.1) is 12.4 Å². The molecule has 0 aliphatic heterocycles. The van der Waals surface area contributed by atoms with Gasteiger partial charge >= 0.3 is 0 Å². The number of hydrogen-bond donors (Lipinski definition) is 2. The van der Waals surface area contributed by atoms with Crippen molar-refractivity contribution in [2.45, 2.75) is 39.3 Å². The molecule has 1 aromatic carbocycles. The van der Waals surface area contributed by atoms with Gasteiger partial charge in [-0.25, -0.2) is 4.39 Å². The van der Waals surface area contributed by atoms with Crippen molar-refractivity contribution in [2.24, 2.45) is 11.1 Å². The van der Waals surface area contributed by atoms with E-state index in [0.29, 0.717) is 12.0 Å². The van der Waals surface area contributed by atoms with Crippen LogP contribution in [0.25, 0.3) is 0 Å². The number of rotatable bonds is 3. The Balaban J connectivity index is 0.00000289. The van der Waals surface area contributed by atoms with Crippen LogP contribution in [0.3, 0.4) is 0 Å². The van der Waals surface area contributed by atoms with Gasteiger partial charge in [0.05, 0.1) is 11.1 Å². The van der Waals surface area contributed by atoms with E-state index in [1.54, 1.807) is 6.07 Å². The standard InChI is InChI=1S/C13H19ClFNO.ClH/c1-13(2,3)12(16)7-11(17)8-4-5-9(14)10(15)6-8;/h4-6,11-12,17H,7,16H2,1-3H3;1H/t11-,12-;/m0./s1. The fourth-order valence-corrected chi connectivity index (χ4v) is 1.57. The minimum atomic E-state index is -0.768. The third-order valence-corrected chi connectivity index (χ3v) is 3.22. The fraction of sp³-hybridized carbons (Fsp3) is 0.538. The van der Waals surface area contributed by atoms with E-state index < -0.39 is 11.9 Å².